The van der Waals surface area contributed by atoms with Crippen molar-refractivity contribution in [3.05, 3.63) is 70.2 Å². The quantitative estimate of drug-likeness (QED) is 0.783. The molecule has 1 fully saturated rings. The molecule has 25 heavy (non-hydrogen) atoms. The Labute approximate surface area is 155 Å². The van der Waals surface area contributed by atoms with Crippen LogP contribution in [0, 0.1) is 6.92 Å². The first kappa shape index (κ1) is 18.0. The Kier molecular flexibility index (Phi) is 5.80. The molecule has 2 aromatic rings. The third-order valence-corrected chi connectivity index (χ3v) is 5.57. The molecule has 2 aromatic carbocycles. The van der Waals surface area contributed by atoms with Gasteiger partial charge in [0.1, 0.15) is 0 Å². The Morgan fingerprint density at radius 3 is 2.48 bits per heavy atom. The minimum Gasteiger partial charge on any atom is -0.355 e. The average Bonchev–Trinajstić information content (AvgIpc) is 2.63. The number of hydrogen-bond donors (Lipinski definition) is 1. The van der Waals surface area contributed by atoms with Gasteiger partial charge >= 0.3 is 0 Å². The van der Waals surface area contributed by atoms with E-state index in [1.165, 1.54) is 12.0 Å². The molecule has 0 aromatic heterocycles. The van der Waals surface area contributed by atoms with Crippen molar-refractivity contribution in [2.24, 2.45) is 0 Å². The van der Waals surface area contributed by atoms with E-state index in [4.69, 9.17) is 11.6 Å². The number of rotatable bonds is 5. The van der Waals surface area contributed by atoms with Gasteiger partial charge in [-0.1, -0.05) is 72.8 Å². The van der Waals surface area contributed by atoms with Gasteiger partial charge in [-0.3, -0.25) is 4.79 Å². The van der Waals surface area contributed by atoms with E-state index in [0.717, 1.165) is 48.3 Å². The Balaban J connectivity index is 1.70. The summed E-state index contributed by atoms with van der Waals surface area (Å²) in [6.45, 7) is 2.73. The highest BCUT2D eigenvalue weighted by Crippen LogP contribution is 2.39. The number of halogens is 1. The Hall–Kier alpha value is -1.80. The van der Waals surface area contributed by atoms with Crippen LogP contribution in [0.5, 0.6) is 0 Å². The molecule has 1 amide bonds. The molecular weight excluding hydrogens is 330 g/mol. The van der Waals surface area contributed by atoms with E-state index in [1.807, 2.05) is 24.3 Å². The predicted molar refractivity (Wildman–Crippen MR) is 104 cm³/mol. The van der Waals surface area contributed by atoms with E-state index in [0.29, 0.717) is 6.54 Å². The molecule has 2 nitrogen and oxygen atoms in total. The van der Waals surface area contributed by atoms with Crippen LogP contribution in [0.1, 0.15) is 48.8 Å². The fourth-order valence-electron chi connectivity index (χ4n) is 3.86. The molecule has 1 aliphatic rings. The molecule has 0 bridgehead atoms. The lowest BCUT2D eigenvalue weighted by molar-refractivity contribution is -0.128. The first-order chi connectivity index (χ1) is 12.1. The lowest BCUT2D eigenvalue weighted by atomic mass is 9.68. The van der Waals surface area contributed by atoms with Gasteiger partial charge in [-0.05, 0) is 49.4 Å². The van der Waals surface area contributed by atoms with Gasteiger partial charge in [0.05, 0.1) is 5.41 Å². The van der Waals surface area contributed by atoms with E-state index in [1.54, 1.807) is 0 Å². The highest BCUT2D eigenvalue weighted by molar-refractivity contribution is 6.30. The van der Waals surface area contributed by atoms with Crippen molar-refractivity contribution in [2.75, 3.05) is 6.54 Å². The van der Waals surface area contributed by atoms with Gasteiger partial charge in [-0.2, -0.15) is 0 Å². The minimum absolute atomic E-state index is 0.179. The molecule has 132 valence electrons. The van der Waals surface area contributed by atoms with Crippen LogP contribution in [-0.2, 0) is 16.6 Å². The van der Waals surface area contributed by atoms with Crippen molar-refractivity contribution < 1.29 is 4.79 Å². The van der Waals surface area contributed by atoms with Crippen molar-refractivity contribution in [1.29, 1.82) is 0 Å². The summed E-state index contributed by atoms with van der Waals surface area (Å²) in [5.41, 5.74) is 3.19. The highest BCUT2D eigenvalue weighted by atomic mass is 35.5. The molecule has 0 atom stereocenters. The number of nitrogens with one attached hydrogen (secondary N) is 1. The van der Waals surface area contributed by atoms with Crippen LogP contribution < -0.4 is 5.32 Å². The summed E-state index contributed by atoms with van der Waals surface area (Å²) in [7, 11) is 0. The molecule has 1 aliphatic carbocycles. The van der Waals surface area contributed by atoms with E-state index in [2.05, 4.69) is 36.5 Å². The molecule has 1 saturated carbocycles. The van der Waals surface area contributed by atoms with Crippen molar-refractivity contribution in [1.82, 2.24) is 5.32 Å². The molecule has 0 unspecified atom stereocenters. The van der Waals surface area contributed by atoms with Gasteiger partial charge in [-0.25, -0.2) is 0 Å². The number of benzene rings is 2. The third kappa shape index (κ3) is 4.24. The van der Waals surface area contributed by atoms with Crippen LogP contribution in [-0.4, -0.2) is 12.5 Å². The molecular formula is C22H26ClNO. The summed E-state index contributed by atoms with van der Waals surface area (Å²) in [6.07, 6.45) is 6.16. The van der Waals surface area contributed by atoms with Gasteiger partial charge < -0.3 is 5.32 Å². The molecule has 0 heterocycles. The van der Waals surface area contributed by atoms with Crippen LogP contribution in [0.2, 0.25) is 5.02 Å². The smallest absolute Gasteiger partial charge is 0.230 e. The predicted octanol–water partition coefficient (Wildman–Crippen LogP) is 5.21. The fourth-order valence-corrected chi connectivity index (χ4v) is 4.07. The second-order valence-electron chi connectivity index (χ2n) is 7.14. The van der Waals surface area contributed by atoms with Crippen molar-refractivity contribution in [3.63, 3.8) is 0 Å². The number of carbonyl (C=O) groups excluding carboxylic acids is 1. The highest BCUT2D eigenvalue weighted by Gasteiger charge is 2.40. The fraction of sp³-hybridized carbons (Fsp3) is 0.409. The average molecular weight is 356 g/mol. The number of amides is 1. The second-order valence-corrected chi connectivity index (χ2v) is 7.58. The molecule has 0 aliphatic heterocycles. The van der Waals surface area contributed by atoms with Crippen molar-refractivity contribution in [3.8, 4) is 0 Å². The standard InChI is InChI=1S/C22H26ClNO/c1-17-8-10-19(11-9-17)22(13-3-2-4-14-22)21(25)24-15-12-18-6-5-7-20(23)16-18/h5-11,16H,2-4,12-15H2,1H3,(H,24,25). The van der Waals surface area contributed by atoms with E-state index in [-0.39, 0.29) is 11.3 Å². The summed E-state index contributed by atoms with van der Waals surface area (Å²) in [4.78, 5) is 13.1. The largest absolute Gasteiger partial charge is 0.355 e. The zero-order chi connectivity index (χ0) is 17.7. The maximum absolute atomic E-state index is 13.1. The normalized spacial score (nSPS) is 16.4. The maximum atomic E-state index is 13.1. The minimum atomic E-state index is -0.361. The summed E-state index contributed by atoms with van der Waals surface area (Å²) in [5, 5.41) is 3.94. The summed E-state index contributed by atoms with van der Waals surface area (Å²) in [5.74, 6) is 0.179. The van der Waals surface area contributed by atoms with Gasteiger partial charge in [0.25, 0.3) is 0 Å². The van der Waals surface area contributed by atoms with Crippen LogP contribution in [0.4, 0.5) is 0 Å². The second kappa shape index (κ2) is 8.05. The molecule has 3 rings (SSSR count). The molecule has 3 heteroatoms. The number of aryl methyl sites for hydroxylation is 1. The van der Waals surface area contributed by atoms with Crippen molar-refractivity contribution in [2.45, 2.75) is 50.9 Å². The molecule has 0 spiro atoms. The molecule has 0 radical (unpaired) electrons. The summed E-state index contributed by atoms with van der Waals surface area (Å²) < 4.78 is 0. The van der Waals surface area contributed by atoms with E-state index < -0.39 is 0 Å². The van der Waals surface area contributed by atoms with Crippen LogP contribution in [0.3, 0.4) is 0 Å². The maximum Gasteiger partial charge on any atom is 0.230 e. The SMILES string of the molecule is Cc1ccc(C2(C(=O)NCCc3cccc(Cl)c3)CCCCC2)cc1. The van der Waals surface area contributed by atoms with Crippen LogP contribution in [0.15, 0.2) is 48.5 Å². The first-order valence-electron chi connectivity index (χ1n) is 9.20. The zero-order valence-electron chi connectivity index (χ0n) is 14.9. The number of hydrogen-bond acceptors (Lipinski definition) is 1. The molecule has 0 saturated heterocycles. The third-order valence-electron chi connectivity index (χ3n) is 5.33. The van der Waals surface area contributed by atoms with Crippen molar-refractivity contribution >= 4 is 17.5 Å². The monoisotopic (exact) mass is 355 g/mol. The van der Waals surface area contributed by atoms with E-state index >= 15 is 0 Å². The zero-order valence-corrected chi connectivity index (χ0v) is 15.6. The number of carbonyl (C=O) groups is 1. The lowest BCUT2D eigenvalue weighted by Gasteiger charge is -2.36. The Morgan fingerprint density at radius 2 is 1.80 bits per heavy atom. The molecule has 1 N–H and O–H groups in total. The summed E-state index contributed by atoms with van der Waals surface area (Å²) in [6, 6.07) is 16.3. The topological polar surface area (TPSA) is 29.1 Å². The van der Waals surface area contributed by atoms with Crippen LogP contribution >= 0.6 is 11.6 Å². The van der Waals surface area contributed by atoms with Gasteiger partial charge in [0, 0.05) is 11.6 Å². The van der Waals surface area contributed by atoms with Gasteiger partial charge in [0.15, 0.2) is 0 Å². The lowest BCUT2D eigenvalue weighted by Crippen LogP contribution is -2.46. The Morgan fingerprint density at radius 1 is 1.08 bits per heavy atom. The first-order valence-corrected chi connectivity index (χ1v) is 9.58. The summed E-state index contributed by atoms with van der Waals surface area (Å²) >= 11 is 6.04. The van der Waals surface area contributed by atoms with Crippen LogP contribution in [0.25, 0.3) is 0 Å². The van der Waals surface area contributed by atoms with Gasteiger partial charge in [-0.15, -0.1) is 0 Å². The Bertz CT molecular complexity index is 717. The van der Waals surface area contributed by atoms with Gasteiger partial charge in [0.2, 0.25) is 5.91 Å². The van der Waals surface area contributed by atoms with E-state index in [9.17, 15) is 4.79 Å².